The molecule has 23 heavy (non-hydrogen) atoms. The Morgan fingerprint density at radius 2 is 2.09 bits per heavy atom. The number of carbonyl (C=O) groups excluding carboxylic acids is 1. The minimum atomic E-state index is -0.229. The number of carbonyl (C=O) groups is 1. The van der Waals surface area contributed by atoms with E-state index in [1.54, 1.807) is 36.5 Å². The fourth-order valence-corrected chi connectivity index (χ4v) is 1.79. The maximum absolute atomic E-state index is 11.7. The van der Waals surface area contributed by atoms with E-state index < -0.39 is 0 Å². The quantitative estimate of drug-likeness (QED) is 0.690. The van der Waals surface area contributed by atoms with E-state index in [4.69, 9.17) is 4.74 Å². The van der Waals surface area contributed by atoms with Crippen molar-refractivity contribution in [2.24, 2.45) is 0 Å². The van der Waals surface area contributed by atoms with Crippen molar-refractivity contribution in [3.63, 3.8) is 0 Å². The van der Waals surface area contributed by atoms with Crippen LogP contribution in [-0.4, -0.2) is 42.7 Å². The van der Waals surface area contributed by atoms with Crippen molar-refractivity contribution in [3.8, 4) is 11.4 Å². The van der Waals surface area contributed by atoms with Gasteiger partial charge in [0.1, 0.15) is 18.4 Å². The molecule has 2 heterocycles. The van der Waals surface area contributed by atoms with Gasteiger partial charge in [-0.15, -0.1) is 5.10 Å². The first-order valence-electron chi connectivity index (χ1n) is 6.79. The van der Waals surface area contributed by atoms with E-state index in [2.05, 4.69) is 30.8 Å². The largest absolute Gasteiger partial charge is 0.484 e. The summed E-state index contributed by atoms with van der Waals surface area (Å²) in [7, 11) is 0. The SMILES string of the molecule is O=C(COc1ccc(-n2cnnn2)cc1)NCc1ccncn1. The van der Waals surface area contributed by atoms with Crippen LogP contribution in [0.3, 0.4) is 0 Å². The number of nitrogens with zero attached hydrogens (tertiary/aromatic N) is 6. The van der Waals surface area contributed by atoms with Crippen molar-refractivity contribution < 1.29 is 9.53 Å². The molecule has 0 saturated heterocycles. The average molecular weight is 311 g/mol. The van der Waals surface area contributed by atoms with E-state index in [9.17, 15) is 4.79 Å². The van der Waals surface area contributed by atoms with E-state index in [1.807, 2.05) is 0 Å². The number of tetrazole rings is 1. The molecule has 3 aromatic rings. The third-order valence-corrected chi connectivity index (χ3v) is 2.93. The van der Waals surface area contributed by atoms with Crippen molar-refractivity contribution in [3.05, 3.63) is 54.9 Å². The zero-order valence-corrected chi connectivity index (χ0v) is 12.0. The Bertz CT molecular complexity index is 745. The summed E-state index contributed by atoms with van der Waals surface area (Å²) in [5.74, 6) is 0.354. The Morgan fingerprint density at radius 1 is 1.22 bits per heavy atom. The Hall–Kier alpha value is -3.36. The highest BCUT2D eigenvalue weighted by molar-refractivity contribution is 5.77. The summed E-state index contributed by atoms with van der Waals surface area (Å²) in [5.41, 5.74) is 1.54. The Labute approximate surface area is 131 Å². The van der Waals surface area contributed by atoms with Crippen LogP contribution in [0.5, 0.6) is 5.75 Å². The summed E-state index contributed by atoms with van der Waals surface area (Å²) in [4.78, 5) is 19.6. The normalized spacial score (nSPS) is 10.3. The van der Waals surface area contributed by atoms with Gasteiger partial charge in [0.05, 0.1) is 17.9 Å². The number of hydrogen-bond acceptors (Lipinski definition) is 7. The molecule has 0 saturated carbocycles. The van der Waals surface area contributed by atoms with Crippen LogP contribution in [0.2, 0.25) is 0 Å². The molecule has 116 valence electrons. The second-order valence-electron chi connectivity index (χ2n) is 4.51. The molecule has 0 aliphatic carbocycles. The predicted molar refractivity (Wildman–Crippen MR) is 78.5 cm³/mol. The molecule has 1 amide bonds. The van der Waals surface area contributed by atoms with Crippen LogP contribution in [0, 0.1) is 0 Å². The van der Waals surface area contributed by atoms with Crippen LogP contribution in [0.1, 0.15) is 5.69 Å². The Balaban J connectivity index is 1.47. The van der Waals surface area contributed by atoms with Gasteiger partial charge in [-0.1, -0.05) is 0 Å². The molecule has 1 aromatic carbocycles. The smallest absolute Gasteiger partial charge is 0.258 e. The summed E-state index contributed by atoms with van der Waals surface area (Å²) in [6.07, 6.45) is 4.55. The van der Waals surface area contributed by atoms with Gasteiger partial charge in [-0.2, -0.15) is 0 Å². The number of rotatable bonds is 6. The lowest BCUT2D eigenvalue weighted by Gasteiger charge is -2.07. The molecule has 3 rings (SSSR count). The molecule has 2 aromatic heterocycles. The van der Waals surface area contributed by atoms with E-state index in [0.717, 1.165) is 11.4 Å². The van der Waals surface area contributed by atoms with Gasteiger partial charge in [-0.3, -0.25) is 4.79 Å². The lowest BCUT2D eigenvalue weighted by atomic mass is 10.3. The van der Waals surface area contributed by atoms with E-state index in [0.29, 0.717) is 12.3 Å². The molecular weight excluding hydrogens is 298 g/mol. The zero-order valence-electron chi connectivity index (χ0n) is 12.0. The van der Waals surface area contributed by atoms with Crippen LogP contribution >= 0.6 is 0 Å². The molecule has 9 heteroatoms. The number of amides is 1. The fourth-order valence-electron chi connectivity index (χ4n) is 1.79. The van der Waals surface area contributed by atoms with Gasteiger partial charge >= 0.3 is 0 Å². The molecule has 0 unspecified atom stereocenters. The topological polar surface area (TPSA) is 108 Å². The van der Waals surface area contributed by atoms with Crippen molar-refractivity contribution in [2.75, 3.05) is 6.61 Å². The summed E-state index contributed by atoms with van der Waals surface area (Å²) in [6, 6.07) is 8.82. The van der Waals surface area contributed by atoms with Crippen LogP contribution < -0.4 is 10.1 Å². The first kappa shape index (κ1) is 14.6. The van der Waals surface area contributed by atoms with Crippen LogP contribution in [0.15, 0.2) is 49.2 Å². The Kier molecular flexibility index (Phi) is 4.48. The van der Waals surface area contributed by atoms with Crippen molar-refractivity contribution in [2.45, 2.75) is 6.54 Å². The van der Waals surface area contributed by atoms with Crippen molar-refractivity contribution in [1.29, 1.82) is 0 Å². The first-order chi connectivity index (χ1) is 11.3. The van der Waals surface area contributed by atoms with Gasteiger partial charge in [-0.25, -0.2) is 14.6 Å². The maximum Gasteiger partial charge on any atom is 0.258 e. The molecule has 0 atom stereocenters. The molecule has 0 radical (unpaired) electrons. The van der Waals surface area contributed by atoms with Gasteiger partial charge < -0.3 is 10.1 Å². The summed E-state index contributed by atoms with van der Waals surface area (Å²) >= 11 is 0. The average Bonchev–Trinajstić information content (AvgIpc) is 3.14. The molecule has 1 N–H and O–H groups in total. The highest BCUT2D eigenvalue weighted by Crippen LogP contribution is 2.13. The highest BCUT2D eigenvalue weighted by Gasteiger charge is 2.04. The number of nitrogens with one attached hydrogen (secondary N) is 1. The monoisotopic (exact) mass is 311 g/mol. The Morgan fingerprint density at radius 3 is 2.78 bits per heavy atom. The summed E-state index contributed by atoms with van der Waals surface area (Å²) < 4.78 is 6.95. The second kappa shape index (κ2) is 7.07. The molecule has 0 bridgehead atoms. The van der Waals surface area contributed by atoms with Crippen LogP contribution in [0.25, 0.3) is 5.69 Å². The third-order valence-electron chi connectivity index (χ3n) is 2.93. The number of hydrogen-bond donors (Lipinski definition) is 1. The second-order valence-corrected chi connectivity index (χ2v) is 4.51. The van der Waals surface area contributed by atoms with Gasteiger partial charge in [0.2, 0.25) is 0 Å². The lowest BCUT2D eigenvalue weighted by molar-refractivity contribution is -0.123. The van der Waals surface area contributed by atoms with E-state index >= 15 is 0 Å². The predicted octanol–water partition coefficient (Wildman–Crippen LogP) is 0.147. The molecule has 0 fully saturated rings. The minimum Gasteiger partial charge on any atom is -0.484 e. The summed E-state index contributed by atoms with van der Waals surface area (Å²) in [5, 5.41) is 13.6. The zero-order chi connectivity index (χ0) is 15.9. The number of aromatic nitrogens is 6. The lowest BCUT2D eigenvalue weighted by Crippen LogP contribution is -2.28. The highest BCUT2D eigenvalue weighted by atomic mass is 16.5. The van der Waals surface area contributed by atoms with E-state index in [-0.39, 0.29) is 12.5 Å². The van der Waals surface area contributed by atoms with Crippen LogP contribution in [0.4, 0.5) is 0 Å². The third kappa shape index (κ3) is 4.06. The van der Waals surface area contributed by atoms with Gasteiger partial charge in [0, 0.05) is 6.20 Å². The fraction of sp³-hybridized carbons (Fsp3) is 0.143. The molecule has 0 spiro atoms. The van der Waals surface area contributed by atoms with Crippen molar-refractivity contribution >= 4 is 5.91 Å². The minimum absolute atomic E-state index is 0.0741. The van der Waals surface area contributed by atoms with E-state index in [1.165, 1.54) is 17.3 Å². The first-order valence-corrected chi connectivity index (χ1v) is 6.79. The van der Waals surface area contributed by atoms with Crippen molar-refractivity contribution in [1.82, 2.24) is 35.5 Å². The summed E-state index contributed by atoms with van der Waals surface area (Å²) in [6.45, 7) is 0.262. The molecule has 0 aliphatic rings. The number of benzene rings is 1. The maximum atomic E-state index is 11.7. The van der Waals surface area contributed by atoms with Gasteiger partial charge in [-0.05, 0) is 40.8 Å². The van der Waals surface area contributed by atoms with Crippen LogP contribution in [-0.2, 0) is 11.3 Å². The number of ether oxygens (including phenoxy) is 1. The molecular formula is C14H13N7O2. The molecule has 0 aliphatic heterocycles. The standard InChI is InChI=1S/C14H13N7O2/c22-14(16-7-11-5-6-15-9-17-11)8-23-13-3-1-12(2-4-13)21-10-18-19-20-21/h1-6,9-10H,7-8H2,(H,16,22). The van der Waals surface area contributed by atoms with Gasteiger partial charge in [0.15, 0.2) is 6.61 Å². The molecule has 9 nitrogen and oxygen atoms in total. The van der Waals surface area contributed by atoms with Gasteiger partial charge in [0.25, 0.3) is 5.91 Å².